The summed E-state index contributed by atoms with van der Waals surface area (Å²) >= 11 is 0. The fraction of sp³-hybridized carbons (Fsp3) is 0.600. The number of aryl methyl sites for hydroxylation is 1. The van der Waals surface area contributed by atoms with Gasteiger partial charge < -0.3 is 15.3 Å². The van der Waals surface area contributed by atoms with Crippen molar-refractivity contribution < 1.29 is 5.11 Å². The molecule has 0 aliphatic rings. The molecule has 3 nitrogen and oxygen atoms in total. The van der Waals surface area contributed by atoms with Crippen molar-refractivity contribution in [1.82, 2.24) is 10.2 Å². The first-order chi connectivity index (χ1) is 8.50. The molecular formula is C15H26N2O. The van der Waals surface area contributed by atoms with Crippen molar-refractivity contribution in [3.63, 3.8) is 0 Å². The second-order valence-corrected chi connectivity index (χ2v) is 5.25. The molecule has 1 aromatic carbocycles. The lowest BCUT2D eigenvalue weighted by atomic mass is 10.0. The van der Waals surface area contributed by atoms with Gasteiger partial charge >= 0.3 is 0 Å². The molecule has 102 valence electrons. The van der Waals surface area contributed by atoms with Gasteiger partial charge in [0.1, 0.15) is 5.75 Å². The van der Waals surface area contributed by atoms with Gasteiger partial charge in [-0.15, -0.1) is 0 Å². The Kier molecular flexibility index (Phi) is 6.16. The summed E-state index contributed by atoms with van der Waals surface area (Å²) in [6.45, 7) is 6.27. The molecule has 0 amide bonds. The standard InChI is InChI=1S/C15H26N2O/c1-12-7-8-15(18)14(11-12)13(2)16-9-5-6-10-17(3)4/h7-8,11,13,16,18H,5-6,9-10H2,1-4H3. The molecule has 0 heterocycles. The Morgan fingerprint density at radius 2 is 2.00 bits per heavy atom. The first kappa shape index (κ1) is 15.0. The summed E-state index contributed by atoms with van der Waals surface area (Å²) in [5.41, 5.74) is 2.17. The number of benzene rings is 1. The quantitative estimate of drug-likeness (QED) is 0.730. The number of nitrogens with zero attached hydrogens (tertiary/aromatic N) is 1. The number of rotatable bonds is 7. The van der Waals surface area contributed by atoms with E-state index in [-0.39, 0.29) is 6.04 Å². The normalized spacial score (nSPS) is 12.9. The van der Waals surface area contributed by atoms with E-state index in [1.165, 1.54) is 12.0 Å². The average Bonchev–Trinajstić information content (AvgIpc) is 2.31. The van der Waals surface area contributed by atoms with E-state index in [9.17, 15) is 5.11 Å². The van der Waals surface area contributed by atoms with Crippen LogP contribution in [0, 0.1) is 6.92 Å². The molecule has 1 unspecified atom stereocenters. The van der Waals surface area contributed by atoms with Gasteiger partial charge in [-0.1, -0.05) is 17.7 Å². The fourth-order valence-corrected chi connectivity index (χ4v) is 2.00. The van der Waals surface area contributed by atoms with E-state index in [0.717, 1.165) is 25.1 Å². The summed E-state index contributed by atoms with van der Waals surface area (Å²) in [5, 5.41) is 13.3. The van der Waals surface area contributed by atoms with Crippen molar-refractivity contribution in [2.45, 2.75) is 32.7 Å². The summed E-state index contributed by atoms with van der Waals surface area (Å²) in [7, 11) is 4.20. The first-order valence-electron chi connectivity index (χ1n) is 6.68. The van der Waals surface area contributed by atoms with Crippen LogP contribution in [0.5, 0.6) is 5.75 Å². The predicted molar refractivity (Wildman–Crippen MR) is 77.0 cm³/mol. The molecule has 0 aromatic heterocycles. The SMILES string of the molecule is Cc1ccc(O)c(C(C)NCCCCN(C)C)c1. The minimum atomic E-state index is 0.198. The number of aromatic hydroxyl groups is 1. The third-order valence-corrected chi connectivity index (χ3v) is 3.13. The van der Waals surface area contributed by atoms with E-state index >= 15 is 0 Å². The van der Waals surface area contributed by atoms with Gasteiger partial charge in [0.15, 0.2) is 0 Å². The molecular weight excluding hydrogens is 224 g/mol. The molecule has 1 rings (SSSR count). The van der Waals surface area contributed by atoms with Crippen LogP contribution in [0.25, 0.3) is 0 Å². The van der Waals surface area contributed by atoms with Crippen LogP contribution in [-0.4, -0.2) is 37.2 Å². The second kappa shape index (κ2) is 7.39. The average molecular weight is 250 g/mol. The predicted octanol–water partition coefficient (Wildman–Crippen LogP) is 2.69. The number of hydrogen-bond acceptors (Lipinski definition) is 3. The Labute approximate surface area is 111 Å². The molecule has 0 aliphatic carbocycles. The van der Waals surface area contributed by atoms with Gasteiger partial charge in [-0.25, -0.2) is 0 Å². The maximum absolute atomic E-state index is 9.83. The van der Waals surface area contributed by atoms with Crippen LogP contribution in [0.1, 0.15) is 36.9 Å². The van der Waals surface area contributed by atoms with E-state index in [1.54, 1.807) is 6.07 Å². The Morgan fingerprint density at radius 1 is 1.28 bits per heavy atom. The van der Waals surface area contributed by atoms with Gasteiger partial charge in [0.05, 0.1) is 0 Å². The minimum absolute atomic E-state index is 0.198. The van der Waals surface area contributed by atoms with Crippen molar-refractivity contribution >= 4 is 0 Å². The van der Waals surface area contributed by atoms with Crippen molar-refractivity contribution in [1.29, 1.82) is 0 Å². The van der Waals surface area contributed by atoms with E-state index in [0.29, 0.717) is 5.75 Å². The fourth-order valence-electron chi connectivity index (χ4n) is 2.00. The largest absolute Gasteiger partial charge is 0.508 e. The van der Waals surface area contributed by atoms with Gasteiger partial charge in [-0.05, 0) is 59.9 Å². The number of nitrogens with one attached hydrogen (secondary N) is 1. The Morgan fingerprint density at radius 3 is 2.67 bits per heavy atom. The maximum Gasteiger partial charge on any atom is 0.120 e. The molecule has 0 saturated carbocycles. The van der Waals surface area contributed by atoms with Crippen LogP contribution < -0.4 is 5.32 Å². The molecule has 0 saturated heterocycles. The summed E-state index contributed by atoms with van der Waals surface area (Å²) in [5.74, 6) is 0.383. The van der Waals surface area contributed by atoms with Crippen molar-refractivity contribution in [2.75, 3.05) is 27.2 Å². The van der Waals surface area contributed by atoms with Crippen LogP contribution in [0.2, 0.25) is 0 Å². The zero-order chi connectivity index (χ0) is 13.5. The highest BCUT2D eigenvalue weighted by molar-refractivity contribution is 5.37. The molecule has 0 bridgehead atoms. The monoisotopic (exact) mass is 250 g/mol. The maximum atomic E-state index is 9.83. The van der Waals surface area contributed by atoms with Gasteiger partial charge in [0.25, 0.3) is 0 Å². The lowest BCUT2D eigenvalue weighted by Crippen LogP contribution is -2.21. The number of phenols is 1. The number of hydrogen-bond donors (Lipinski definition) is 2. The van der Waals surface area contributed by atoms with Gasteiger partial charge in [-0.2, -0.15) is 0 Å². The molecule has 1 atom stereocenters. The van der Waals surface area contributed by atoms with Crippen LogP contribution in [-0.2, 0) is 0 Å². The first-order valence-corrected chi connectivity index (χ1v) is 6.68. The van der Waals surface area contributed by atoms with E-state index < -0.39 is 0 Å². The van der Waals surface area contributed by atoms with E-state index in [2.05, 4.69) is 31.2 Å². The summed E-state index contributed by atoms with van der Waals surface area (Å²) in [6, 6.07) is 5.95. The van der Waals surface area contributed by atoms with Crippen LogP contribution >= 0.6 is 0 Å². The molecule has 0 radical (unpaired) electrons. The molecule has 2 N–H and O–H groups in total. The highest BCUT2D eigenvalue weighted by atomic mass is 16.3. The van der Waals surface area contributed by atoms with E-state index in [1.807, 2.05) is 19.1 Å². The summed E-state index contributed by atoms with van der Waals surface area (Å²) in [4.78, 5) is 2.20. The molecule has 0 fully saturated rings. The number of phenolic OH excluding ortho intramolecular Hbond substituents is 1. The highest BCUT2D eigenvalue weighted by Crippen LogP contribution is 2.24. The third-order valence-electron chi connectivity index (χ3n) is 3.13. The van der Waals surface area contributed by atoms with Crippen LogP contribution in [0.15, 0.2) is 18.2 Å². The Balaban J connectivity index is 2.36. The molecule has 18 heavy (non-hydrogen) atoms. The molecule has 0 aliphatic heterocycles. The topological polar surface area (TPSA) is 35.5 Å². The summed E-state index contributed by atoms with van der Waals surface area (Å²) in [6.07, 6.45) is 2.36. The van der Waals surface area contributed by atoms with E-state index in [4.69, 9.17) is 0 Å². The lowest BCUT2D eigenvalue weighted by Gasteiger charge is -2.16. The highest BCUT2D eigenvalue weighted by Gasteiger charge is 2.09. The summed E-state index contributed by atoms with van der Waals surface area (Å²) < 4.78 is 0. The van der Waals surface area contributed by atoms with Crippen LogP contribution in [0.3, 0.4) is 0 Å². The smallest absolute Gasteiger partial charge is 0.120 e. The minimum Gasteiger partial charge on any atom is -0.508 e. The van der Waals surface area contributed by atoms with Crippen LogP contribution in [0.4, 0.5) is 0 Å². The Bertz CT molecular complexity index is 364. The lowest BCUT2D eigenvalue weighted by molar-refractivity contribution is 0.388. The third kappa shape index (κ3) is 5.07. The van der Waals surface area contributed by atoms with Gasteiger partial charge in [0, 0.05) is 11.6 Å². The molecule has 3 heteroatoms. The van der Waals surface area contributed by atoms with Gasteiger partial charge in [0.2, 0.25) is 0 Å². The zero-order valence-electron chi connectivity index (χ0n) is 12.0. The van der Waals surface area contributed by atoms with Gasteiger partial charge in [-0.3, -0.25) is 0 Å². The number of unbranched alkanes of at least 4 members (excludes halogenated alkanes) is 1. The second-order valence-electron chi connectivity index (χ2n) is 5.25. The molecule has 0 spiro atoms. The van der Waals surface area contributed by atoms with Crippen molar-refractivity contribution in [3.05, 3.63) is 29.3 Å². The van der Waals surface area contributed by atoms with Crippen molar-refractivity contribution in [3.8, 4) is 5.75 Å². The molecule has 1 aromatic rings. The Hall–Kier alpha value is -1.06. The zero-order valence-corrected chi connectivity index (χ0v) is 12.0. The van der Waals surface area contributed by atoms with Crippen molar-refractivity contribution in [2.24, 2.45) is 0 Å².